The van der Waals surface area contributed by atoms with E-state index < -0.39 is 10.0 Å². The highest BCUT2D eigenvalue weighted by Gasteiger charge is 2.26. The van der Waals surface area contributed by atoms with E-state index in [2.05, 4.69) is 15.5 Å². The molecular weight excluding hydrogens is 399 g/mol. The van der Waals surface area contributed by atoms with Gasteiger partial charge in [0, 0.05) is 38.3 Å². The second-order valence-electron chi connectivity index (χ2n) is 5.99. The Morgan fingerprint density at radius 2 is 1.88 bits per heavy atom. The first-order valence-electron chi connectivity index (χ1n) is 8.16. The van der Waals surface area contributed by atoms with Crippen LogP contribution in [0.4, 0.5) is 5.69 Å². The molecule has 0 unspecified atom stereocenters. The van der Waals surface area contributed by atoms with Gasteiger partial charge in [-0.1, -0.05) is 6.07 Å². The van der Waals surface area contributed by atoms with Crippen molar-refractivity contribution in [1.29, 1.82) is 0 Å². The molecule has 1 aliphatic rings. The van der Waals surface area contributed by atoms with Crippen molar-refractivity contribution >= 4 is 46.4 Å². The minimum Gasteiger partial charge on any atom is -0.326 e. The van der Waals surface area contributed by atoms with Crippen LogP contribution in [-0.4, -0.2) is 70.3 Å². The van der Waals surface area contributed by atoms with Gasteiger partial charge in [0.15, 0.2) is 0 Å². The molecule has 0 atom stereocenters. The Balaban J connectivity index is 0.00000312. The molecule has 1 heterocycles. The molecule has 0 spiro atoms. The van der Waals surface area contributed by atoms with Crippen molar-refractivity contribution in [1.82, 2.24) is 14.5 Å². The van der Waals surface area contributed by atoms with E-state index in [-0.39, 0.29) is 35.6 Å². The van der Waals surface area contributed by atoms with Crippen LogP contribution in [0.2, 0.25) is 0 Å². The number of carbonyl (C=O) groups excluding carboxylic acids is 1. The molecule has 0 aliphatic carbocycles. The third-order valence-electron chi connectivity index (χ3n) is 4.04. The van der Waals surface area contributed by atoms with Gasteiger partial charge in [0.25, 0.3) is 0 Å². The Bertz CT molecular complexity index is 673. The SMILES string of the molecule is CNCCC(=O)Nc1cccc(S(=O)(=O)N2CCCN(C)CC2)c1.Cl.Cl. The van der Waals surface area contributed by atoms with Gasteiger partial charge in [-0.2, -0.15) is 4.31 Å². The largest absolute Gasteiger partial charge is 0.326 e. The van der Waals surface area contributed by atoms with Crippen molar-refractivity contribution in [3.8, 4) is 0 Å². The lowest BCUT2D eigenvalue weighted by atomic mass is 10.3. The van der Waals surface area contributed by atoms with E-state index in [1.807, 2.05) is 7.05 Å². The molecule has 10 heteroatoms. The summed E-state index contributed by atoms with van der Waals surface area (Å²) in [4.78, 5) is 14.2. The van der Waals surface area contributed by atoms with E-state index in [0.717, 1.165) is 19.5 Å². The first-order valence-corrected chi connectivity index (χ1v) is 9.60. The van der Waals surface area contributed by atoms with Crippen molar-refractivity contribution in [2.75, 3.05) is 52.1 Å². The van der Waals surface area contributed by atoms with Crippen molar-refractivity contribution in [2.45, 2.75) is 17.7 Å². The molecule has 7 nitrogen and oxygen atoms in total. The number of benzene rings is 1. The second-order valence-corrected chi connectivity index (χ2v) is 7.93. The Morgan fingerprint density at radius 3 is 2.58 bits per heavy atom. The summed E-state index contributed by atoms with van der Waals surface area (Å²) < 4.78 is 27.2. The Morgan fingerprint density at radius 1 is 1.15 bits per heavy atom. The number of hydrogen-bond donors (Lipinski definition) is 2. The minimum atomic E-state index is -3.54. The zero-order chi connectivity index (χ0) is 17.6. The van der Waals surface area contributed by atoms with Gasteiger partial charge in [0.05, 0.1) is 4.90 Å². The minimum absolute atomic E-state index is 0. The molecule has 0 saturated carbocycles. The second kappa shape index (κ2) is 11.7. The smallest absolute Gasteiger partial charge is 0.243 e. The zero-order valence-electron chi connectivity index (χ0n) is 15.1. The number of hydrogen-bond acceptors (Lipinski definition) is 5. The number of sulfonamides is 1. The maximum Gasteiger partial charge on any atom is 0.243 e. The highest BCUT2D eigenvalue weighted by molar-refractivity contribution is 7.89. The van der Waals surface area contributed by atoms with Gasteiger partial charge in [-0.25, -0.2) is 8.42 Å². The van der Waals surface area contributed by atoms with Gasteiger partial charge in [-0.05, 0) is 45.3 Å². The number of carbonyl (C=O) groups is 1. The number of nitrogens with one attached hydrogen (secondary N) is 2. The normalized spacial score (nSPS) is 16.1. The summed E-state index contributed by atoms with van der Waals surface area (Å²) in [6.07, 6.45) is 1.15. The summed E-state index contributed by atoms with van der Waals surface area (Å²) in [5, 5.41) is 5.65. The lowest BCUT2D eigenvalue weighted by Gasteiger charge is -2.20. The first-order chi connectivity index (χ1) is 11.4. The third kappa shape index (κ3) is 7.02. The van der Waals surface area contributed by atoms with E-state index in [1.165, 1.54) is 10.4 Å². The number of amides is 1. The third-order valence-corrected chi connectivity index (χ3v) is 5.93. The molecule has 1 aromatic carbocycles. The van der Waals surface area contributed by atoms with Crippen molar-refractivity contribution < 1.29 is 13.2 Å². The van der Waals surface area contributed by atoms with Crippen molar-refractivity contribution in [2.24, 2.45) is 0 Å². The lowest BCUT2D eigenvalue weighted by Crippen LogP contribution is -2.34. The number of halogens is 2. The van der Waals surface area contributed by atoms with Crippen LogP contribution in [0, 0.1) is 0 Å². The summed E-state index contributed by atoms with van der Waals surface area (Å²) in [5.74, 6) is -0.143. The number of anilines is 1. The average Bonchev–Trinajstić information content (AvgIpc) is 2.78. The van der Waals surface area contributed by atoms with Crippen LogP contribution < -0.4 is 10.6 Å². The number of rotatable bonds is 6. The molecule has 1 fully saturated rings. The topological polar surface area (TPSA) is 81.8 Å². The Hall–Kier alpha value is -0.900. The van der Waals surface area contributed by atoms with E-state index in [4.69, 9.17) is 0 Å². The van der Waals surface area contributed by atoms with Gasteiger partial charge >= 0.3 is 0 Å². The Labute approximate surface area is 168 Å². The maximum atomic E-state index is 12.8. The zero-order valence-corrected chi connectivity index (χ0v) is 17.6. The van der Waals surface area contributed by atoms with Crippen LogP contribution >= 0.6 is 24.8 Å². The van der Waals surface area contributed by atoms with Crippen LogP contribution in [0.3, 0.4) is 0 Å². The highest BCUT2D eigenvalue weighted by atomic mass is 35.5. The summed E-state index contributed by atoms with van der Waals surface area (Å²) in [5.41, 5.74) is 0.504. The summed E-state index contributed by atoms with van der Waals surface area (Å²) in [7, 11) is 0.233. The monoisotopic (exact) mass is 426 g/mol. The fourth-order valence-corrected chi connectivity index (χ4v) is 4.12. The highest BCUT2D eigenvalue weighted by Crippen LogP contribution is 2.21. The molecule has 1 saturated heterocycles. The van der Waals surface area contributed by atoms with E-state index in [1.54, 1.807) is 25.2 Å². The molecule has 1 amide bonds. The molecule has 1 aromatic rings. The van der Waals surface area contributed by atoms with E-state index >= 15 is 0 Å². The fourth-order valence-electron chi connectivity index (χ4n) is 2.61. The lowest BCUT2D eigenvalue weighted by molar-refractivity contribution is -0.116. The molecule has 2 rings (SSSR count). The molecule has 150 valence electrons. The molecular formula is C16H28Cl2N4O3S. The fraction of sp³-hybridized carbons (Fsp3) is 0.562. The van der Waals surface area contributed by atoms with Gasteiger partial charge in [0.1, 0.15) is 0 Å². The van der Waals surface area contributed by atoms with Crippen LogP contribution in [0.25, 0.3) is 0 Å². The quantitative estimate of drug-likeness (QED) is 0.718. The predicted molar refractivity (Wildman–Crippen MR) is 109 cm³/mol. The van der Waals surface area contributed by atoms with Crippen LogP contribution in [0.5, 0.6) is 0 Å². The van der Waals surface area contributed by atoms with E-state index in [0.29, 0.717) is 31.7 Å². The predicted octanol–water partition coefficient (Wildman–Crippen LogP) is 1.40. The summed E-state index contributed by atoms with van der Waals surface area (Å²) in [6, 6.07) is 6.46. The van der Waals surface area contributed by atoms with Crippen molar-refractivity contribution in [3.05, 3.63) is 24.3 Å². The Kier molecular flexibility index (Phi) is 11.3. The summed E-state index contributed by atoms with van der Waals surface area (Å²) >= 11 is 0. The van der Waals surface area contributed by atoms with Crippen LogP contribution in [-0.2, 0) is 14.8 Å². The number of nitrogens with zero attached hydrogens (tertiary/aromatic N) is 2. The van der Waals surface area contributed by atoms with Crippen LogP contribution in [0.1, 0.15) is 12.8 Å². The van der Waals surface area contributed by atoms with Gasteiger partial charge in [-0.3, -0.25) is 4.79 Å². The molecule has 0 aromatic heterocycles. The van der Waals surface area contributed by atoms with E-state index in [9.17, 15) is 13.2 Å². The van der Waals surface area contributed by atoms with Crippen molar-refractivity contribution in [3.63, 3.8) is 0 Å². The molecule has 0 bridgehead atoms. The average molecular weight is 427 g/mol. The molecule has 26 heavy (non-hydrogen) atoms. The van der Waals surface area contributed by atoms with Gasteiger partial charge in [-0.15, -0.1) is 24.8 Å². The van der Waals surface area contributed by atoms with Crippen LogP contribution in [0.15, 0.2) is 29.2 Å². The molecule has 2 N–H and O–H groups in total. The number of likely N-dealkylation sites (N-methyl/N-ethyl adjacent to an activating group) is 1. The van der Waals surface area contributed by atoms with Gasteiger partial charge in [0.2, 0.25) is 15.9 Å². The van der Waals surface area contributed by atoms with Gasteiger partial charge < -0.3 is 15.5 Å². The summed E-state index contributed by atoms with van der Waals surface area (Å²) in [6.45, 7) is 3.20. The first kappa shape index (κ1) is 25.1. The molecule has 0 radical (unpaired) electrons. The molecule has 1 aliphatic heterocycles. The maximum absolute atomic E-state index is 12.8. The standard InChI is InChI=1S/C16H26N4O3S.2ClH/c1-17-8-7-16(21)18-14-5-3-6-15(13-14)24(22,23)20-10-4-9-19(2)11-12-20;;/h3,5-6,13,17H,4,7-12H2,1-2H3,(H,18,21);2*1H.